The average Bonchev–Trinajstić information content (AvgIpc) is 3.84. The maximum atomic E-state index is 12.3. The first-order chi connectivity index (χ1) is 23.7. The number of nitrogen functional groups attached to an aromatic ring is 2. The van der Waals surface area contributed by atoms with Crippen LogP contribution in [0.5, 0.6) is 0 Å². The monoisotopic (exact) mass is 748 g/mol. The van der Waals surface area contributed by atoms with Crippen LogP contribution in [-0.4, -0.2) is 134 Å². The summed E-state index contributed by atoms with van der Waals surface area (Å²) in [6, 6.07) is 0. The molecule has 2 aliphatic heterocycles. The van der Waals surface area contributed by atoms with Gasteiger partial charge in [0, 0.05) is 0 Å². The average molecular weight is 748 g/mol. The van der Waals surface area contributed by atoms with Gasteiger partial charge in [-0.15, -0.1) is 0 Å². The zero-order valence-corrected chi connectivity index (χ0v) is 27.1. The molecule has 0 aromatic carbocycles. The summed E-state index contributed by atoms with van der Waals surface area (Å²) in [5, 5.41) is 51.9. The standard InChI is InChI=1S/C23H32N10O15P2/c24-18-12-20(28-5-26-18)32(7-30-12)22-16(37)14(35)10(47-22)3-45-49(39,40)43-1-9(34)2-44-50(41,42)46-4-11-15(36)17(38)23(48-11)33-8-31-13-19(25)27-6-29-21(13)33/h5-11,14-17,22-23,34-38H,1-4H2,(H,39,40)(H,41,42)(H2,24,26,28)(H2,25,27,29)/p-2/t9?,10-,11?,14-,15?,16-,17-,22?,23-/m1/s1. The fourth-order valence-electron chi connectivity index (χ4n) is 5.11. The van der Waals surface area contributed by atoms with E-state index in [1.165, 1.54) is 21.8 Å². The van der Waals surface area contributed by atoms with E-state index < -0.39 is 97.3 Å². The zero-order chi connectivity index (χ0) is 36.0. The molecule has 27 heteroatoms. The van der Waals surface area contributed by atoms with Gasteiger partial charge in [0.2, 0.25) is 0 Å². The van der Waals surface area contributed by atoms with Crippen LogP contribution in [-0.2, 0) is 36.7 Å². The number of nitrogens with zero attached hydrogens (tertiary/aromatic N) is 8. The normalized spacial score (nSPS) is 30.1. The number of nitrogens with two attached hydrogens (primary N) is 2. The summed E-state index contributed by atoms with van der Waals surface area (Å²) in [6.45, 7) is -3.68. The van der Waals surface area contributed by atoms with E-state index in [1.54, 1.807) is 0 Å². The molecule has 0 aliphatic carbocycles. The number of phosphoric acid groups is 2. The van der Waals surface area contributed by atoms with Gasteiger partial charge in [-0.25, -0.2) is 29.9 Å². The maximum absolute atomic E-state index is 12.3. The second-order valence-corrected chi connectivity index (χ2v) is 13.8. The number of ether oxygens (including phenoxy) is 2. The van der Waals surface area contributed by atoms with Crippen molar-refractivity contribution in [1.29, 1.82) is 0 Å². The van der Waals surface area contributed by atoms with E-state index in [-0.39, 0.29) is 34.0 Å². The number of rotatable bonds is 14. The molecule has 50 heavy (non-hydrogen) atoms. The highest BCUT2D eigenvalue weighted by Gasteiger charge is 2.46. The van der Waals surface area contributed by atoms with Gasteiger partial charge in [-0.1, -0.05) is 0 Å². The topological polar surface area (TPSA) is 376 Å². The predicted octanol–water partition coefficient (Wildman–Crippen LogP) is -4.57. The van der Waals surface area contributed by atoms with Crippen LogP contribution in [0.25, 0.3) is 22.3 Å². The van der Waals surface area contributed by atoms with Crippen LogP contribution in [0.2, 0.25) is 0 Å². The molecule has 0 amide bonds. The van der Waals surface area contributed by atoms with E-state index in [2.05, 4.69) is 39.0 Å². The van der Waals surface area contributed by atoms with Crippen molar-refractivity contribution < 1.29 is 72.0 Å². The fraction of sp³-hybridized carbons (Fsp3) is 0.565. The molecule has 274 valence electrons. The van der Waals surface area contributed by atoms with Gasteiger partial charge >= 0.3 is 0 Å². The van der Waals surface area contributed by atoms with Gasteiger partial charge in [0.1, 0.15) is 66.4 Å². The first kappa shape index (κ1) is 36.4. The van der Waals surface area contributed by atoms with Gasteiger partial charge in [0.25, 0.3) is 15.6 Å². The van der Waals surface area contributed by atoms with E-state index in [1.807, 2.05) is 0 Å². The van der Waals surface area contributed by atoms with Crippen molar-refractivity contribution in [2.45, 2.75) is 55.2 Å². The van der Waals surface area contributed by atoms with E-state index in [0.29, 0.717) is 0 Å². The van der Waals surface area contributed by atoms with Gasteiger partial charge in [-0.3, -0.25) is 18.3 Å². The van der Waals surface area contributed by atoms with Crippen LogP contribution < -0.4 is 21.3 Å². The molecule has 9 N–H and O–H groups in total. The summed E-state index contributed by atoms with van der Waals surface area (Å²) in [7, 11) is -10.4. The summed E-state index contributed by atoms with van der Waals surface area (Å²) in [5.74, 6) is 0.113. The van der Waals surface area contributed by atoms with Crippen LogP contribution in [0, 0.1) is 0 Å². The Morgan fingerprint density at radius 2 is 1.10 bits per heavy atom. The first-order valence-corrected chi connectivity index (χ1v) is 17.4. The number of aliphatic hydroxyl groups is 5. The Morgan fingerprint density at radius 3 is 1.50 bits per heavy atom. The van der Waals surface area contributed by atoms with Crippen molar-refractivity contribution in [3.8, 4) is 0 Å². The Morgan fingerprint density at radius 1 is 0.700 bits per heavy atom. The Bertz CT molecular complexity index is 1780. The van der Waals surface area contributed by atoms with Gasteiger partial charge in [0.05, 0.1) is 39.1 Å². The molecule has 0 saturated carbocycles. The number of hydrogen-bond acceptors (Lipinski definition) is 23. The summed E-state index contributed by atoms with van der Waals surface area (Å²) < 4.78 is 56.8. The number of anilines is 2. The van der Waals surface area contributed by atoms with Crippen LogP contribution in [0.15, 0.2) is 25.3 Å². The minimum Gasteiger partial charge on any atom is -0.756 e. The largest absolute Gasteiger partial charge is 0.756 e. The molecule has 11 atom stereocenters. The van der Waals surface area contributed by atoms with E-state index >= 15 is 0 Å². The lowest BCUT2D eigenvalue weighted by Crippen LogP contribution is -2.34. The minimum absolute atomic E-state index is 0.0566. The highest BCUT2D eigenvalue weighted by molar-refractivity contribution is 7.46. The Labute approximate surface area is 279 Å². The van der Waals surface area contributed by atoms with Crippen molar-refractivity contribution in [2.75, 3.05) is 37.9 Å². The van der Waals surface area contributed by atoms with Crippen LogP contribution >= 0.6 is 15.6 Å². The Hall–Kier alpha value is -3.36. The lowest BCUT2D eigenvalue weighted by Gasteiger charge is -2.28. The molecule has 25 nitrogen and oxygen atoms in total. The SMILES string of the molecule is Nc1ncnc2c1ncn2C1O[C@H](COP(=O)([O-])OCC(O)COP(=O)([O-])OCC2O[C@@H](n3cnc4c(N)ncnc43)[C@H](O)C2O)[C@@H](O)[C@H]1O. The summed E-state index contributed by atoms with van der Waals surface area (Å²) in [5.41, 5.74) is 12.3. The van der Waals surface area contributed by atoms with Crippen LogP contribution in [0.1, 0.15) is 12.5 Å². The molecule has 0 radical (unpaired) electrons. The lowest BCUT2D eigenvalue weighted by atomic mass is 10.1. The molecule has 0 bridgehead atoms. The van der Waals surface area contributed by atoms with Crippen molar-refractivity contribution >= 4 is 49.6 Å². The van der Waals surface area contributed by atoms with Crippen molar-refractivity contribution in [3.63, 3.8) is 0 Å². The third-order valence-electron chi connectivity index (χ3n) is 7.64. The Kier molecular flexibility index (Phi) is 10.4. The quantitative estimate of drug-likeness (QED) is 0.0597. The molecule has 2 aliphatic rings. The summed E-state index contributed by atoms with van der Waals surface area (Å²) in [4.78, 5) is 48.3. The number of fused-ring (bicyclic) bond motifs is 2. The van der Waals surface area contributed by atoms with Gasteiger partial charge in [-0.2, -0.15) is 0 Å². The molecule has 4 aromatic rings. The highest BCUT2D eigenvalue weighted by Crippen LogP contribution is 2.43. The van der Waals surface area contributed by atoms with Crippen LogP contribution in [0.4, 0.5) is 11.6 Å². The van der Waals surface area contributed by atoms with Crippen molar-refractivity contribution in [2.24, 2.45) is 0 Å². The molecule has 2 fully saturated rings. The second-order valence-electron chi connectivity index (χ2n) is 11.0. The fourth-order valence-corrected chi connectivity index (χ4v) is 6.63. The van der Waals surface area contributed by atoms with E-state index in [4.69, 9.17) is 30.0 Å². The molecule has 6 rings (SSSR count). The highest BCUT2D eigenvalue weighted by atomic mass is 31.2. The Balaban J connectivity index is 0.940. The van der Waals surface area contributed by atoms with Gasteiger partial charge in [0.15, 0.2) is 35.4 Å². The second kappa shape index (κ2) is 14.3. The molecule has 4 aromatic heterocycles. The van der Waals surface area contributed by atoms with E-state index in [0.717, 1.165) is 12.7 Å². The number of phosphoric ester groups is 2. The number of aliphatic hydroxyl groups excluding tert-OH is 5. The number of imidazole rings is 2. The van der Waals surface area contributed by atoms with Gasteiger partial charge < -0.3 is 74.4 Å². The molecular formula is C23H30N10O15P2-2. The molecular weight excluding hydrogens is 718 g/mol. The lowest BCUT2D eigenvalue weighted by molar-refractivity contribution is -0.233. The third kappa shape index (κ3) is 7.48. The molecule has 6 unspecified atom stereocenters. The van der Waals surface area contributed by atoms with Crippen molar-refractivity contribution in [3.05, 3.63) is 25.3 Å². The van der Waals surface area contributed by atoms with E-state index in [9.17, 15) is 44.4 Å². The third-order valence-corrected chi connectivity index (χ3v) is 9.50. The number of aromatic nitrogens is 8. The summed E-state index contributed by atoms with van der Waals surface area (Å²) >= 11 is 0. The minimum atomic E-state index is -5.18. The smallest absolute Gasteiger partial charge is 0.268 e. The summed E-state index contributed by atoms with van der Waals surface area (Å²) in [6.07, 6.45) is -8.68. The zero-order valence-electron chi connectivity index (χ0n) is 25.3. The van der Waals surface area contributed by atoms with Crippen LogP contribution in [0.3, 0.4) is 0 Å². The predicted molar refractivity (Wildman–Crippen MR) is 156 cm³/mol. The number of hydrogen-bond donors (Lipinski definition) is 7. The molecule has 0 spiro atoms. The first-order valence-electron chi connectivity index (χ1n) is 14.4. The maximum Gasteiger partial charge on any atom is 0.268 e. The van der Waals surface area contributed by atoms with Crippen molar-refractivity contribution in [1.82, 2.24) is 39.0 Å². The molecule has 6 heterocycles. The molecule has 2 saturated heterocycles. The van der Waals surface area contributed by atoms with Gasteiger partial charge in [-0.05, 0) is 0 Å².